The number of pyridine rings is 1. The molecular formula is C19H19N5. The molecule has 5 heteroatoms. The molecule has 3 aromatic heterocycles. The Hall–Kier alpha value is -2.92. The molecule has 0 fully saturated rings. The Balaban J connectivity index is 1.93. The minimum atomic E-state index is 0.559. The van der Waals surface area contributed by atoms with E-state index in [0.29, 0.717) is 6.54 Å². The van der Waals surface area contributed by atoms with E-state index in [1.165, 1.54) is 16.7 Å². The van der Waals surface area contributed by atoms with Crippen molar-refractivity contribution in [2.45, 2.75) is 13.5 Å². The van der Waals surface area contributed by atoms with Crippen LogP contribution in [0.15, 0.2) is 55.1 Å². The molecule has 3 heterocycles. The quantitative estimate of drug-likeness (QED) is 0.631. The largest absolute Gasteiger partial charge is 0.326 e. The van der Waals surface area contributed by atoms with Crippen LogP contribution in [-0.2, 0) is 13.6 Å². The van der Waals surface area contributed by atoms with Crippen molar-refractivity contribution in [2.75, 3.05) is 0 Å². The van der Waals surface area contributed by atoms with Crippen LogP contribution < -0.4 is 5.73 Å². The van der Waals surface area contributed by atoms with E-state index in [9.17, 15) is 0 Å². The highest BCUT2D eigenvalue weighted by Crippen LogP contribution is 2.31. The molecule has 0 bridgehead atoms. The molecule has 24 heavy (non-hydrogen) atoms. The molecule has 0 saturated carbocycles. The van der Waals surface area contributed by atoms with Crippen LogP contribution in [0.25, 0.3) is 27.8 Å². The summed E-state index contributed by atoms with van der Waals surface area (Å²) in [7, 11) is 1.92. The molecular weight excluding hydrogens is 298 g/mol. The summed E-state index contributed by atoms with van der Waals surface area (Å²) < 4.78 is 3.73. The Kier molecular flexibility index (Phi) is 3.43. The van der Waals surface area contributed by atoms with Crippen molar-refractivity contribution in [1.82, 2.24) is 19.4 Å². The van der Waals surface area contributed by atoms with E-state index < -0.39 is 0 Å². The average Bonchev–Trinajstić information content (AvgIpc) is 3.22. The highest BCUT2D eigenvalue weighted by Gasteiger charge is 2.11. The molecule has 0 aliphatic carbocycles. The zero-order chi connectivity index (χ0) is 16.7. The van der Waals surface area contributed by atoms with Crippen molar-refractivity contribution in [1.29, 1.82) is 0 Å². The lowest BCUT2D eigenvalue weighted by atomic mass is 9.98. The van der Waals surface area contributed by atoms with Gasteiger partial charge in [0.2, 0.25) is 0 Å². The minimum Gasteiger partial charge on any atom is -0.326 e. The monoisotopic (exact) mass is 317 g/mol. The van der Waals surface area contributed by atoms with Crippen LogP contribution >= 0.6 is 0 Å². The van der Waals surface area contributed by atoms with Crippen LogP contribution in [0.3, 0.4) is 0 Å². The number of nitrogens with zero attached hydrogens (tertiary/aromatic N) is 4. The lowest BCUT2D eigenvalue weighted by molar-refractivity contribution is 0.768. The van der Waals surface area contributed by atoms with Crippen molar-refractivity contribution in [2.24, 2.45) is 12.8 Å². The number of hydrogen-bond donors (Lipinski definition) is 1. The van der Waals surface area contributed by atoms with E-state index in [1.807, 2.05) is 47.1 Å². The van der Waals surface area contributed by atoms with E-state index in [2.05, 4.69) is 41.4 Å². The van der Waals surface area contributed by atoms with Crippen molar-refractivity contribution < 1.29 is 0 Å². The average molecular weight is 317 g/mol. The Morgan fingerprint density at radius 2 is 1.88 bits per heavy atom. The maximum atomic E-state index is 5.79. The summed E-state index contributed by atoms with van der Waals surface area (Å²) in [5.74, 6) is 0. The van der Waals surface area contributed by atoms with Gasteiger partial charge in [0.1, 0.15) is 0 Å². The van der Waals surface area contributed by atoms with E-state index in [4.69, 9.17) is 5.73 Å². The van der Waals surface area contributed by atoms with Gasteiger partial charge >= 0.3 is 0 Å². The lowest BCUT2D eigenvalue weighted by Crippen LogP contribution is -1.99. The van der Waals surface area contributed by atoms with E-state index in [0.717, 1.165) is 22.2 Å². The second-order valence-electron chi connectivity index (χ2n) is 6.05. The Morgan fingerprint density at radius 3 is 2.58 bits per heavy atom. The molecule has 4 rings (SSSR count). The van der Waals surface area contributed by atoms with Gasteiger partial charge < -0.3 is 5.73 Å². The van der Waals surface area contributed by atoms with Crippen molar-refractivity contribution in [3.63, 3.8) is 0 Å². The number of aromatic nitrogens is 4. The third kappa shape index (κ3) is 2.39. The number of aryl methyl sites for hydroxylation is 2. The fraction of sp³-hybridized carbons (Fsp3) is 0.158. The minimum absolute atomic E-state index is 0.559. The van der Waals surface area contributed by atoms with Crippen LogP contribution in [0, 0.1) is 6.92 Å². The SMILES string of the molecule is Cc1cc(-c2cc(-c3cnn(C)c3)cn3nccc23)ccc1CN. The van der Waals surface area contributed by atoms with E-state index >= 15 is 0 Å². The summed E-state index contributed by atoms with van der Waals surface area (Å²) >= 11 is 0. The first-order valence-corrected chi connectivity index (χ1v) is 7.92. The highest BCUT2D eigenvalue weighted by atomic mass is 15.2. The molecule has 5 nitrogen and oxygen atoms in total. The number of rotatable bonds is 3. The maximum absolute atomic E-state index is 5.79. The van der Waals surface area contributed by atoms with Gasteiger partial charge in [-0.05, 0) is 35.7 Å². The molecule has 120 valence electrons. The summed E-state index contributed by atoms with van der Waals surface area (Å²) in [4.78, 5) is 0. The summed E-state index contributed by atoms with van der Waals surface area (Å²) in [6.07, 6.45) is 7.75. The summed E-state index contributed by atoms with van der Waals surface area (Å²) in [6.45, 7) is 2.66. The molecule has 0 aliphatic rings. The first-order chi connectivity index (χ1) is 11.7. The van der Waals surface area contributed by atoms with Gasteiger partial charge in [0.25, 0.3) is 0 Å². The van der Waals surface area contributed by atoms with Crippen molar-refractivity contribution >= 4 is 5.52 Å². The van der Waals surface area contributed by atoms with Gasteiger partial charge in [0, 0.05) is 48.9 Å². The van der Waals surface area contributed by atoms with Gasteiger partial charge in [-0.1, -0.05) is 18.2 Å². The molecule has 0 radical (unpaired) electrons. The Bertz CT molecular complexity index is 1030. The molecule has 4 aromatic rings. The first kappa shape index (κ1) is 14.7. The molecule has 1 aromatic carbocycles. The van der Waals surface area contributed by atoms with Gasteiger partial charge in [-0.3, -0.25) is 4.68 Å². The zero-order valence-electron chi connectivity index (χ0n) is 13.8. The molecule has 0 saturated heterocycles. The molecule has 0 aliphatic heterocycles. The fourth-order valence-corrected chi connectivity index (χ4v) is 3.08. The van der Waals surface area contributed by atoms with Gasteiger partial charge in [0.05, 0.1) is 11.7 Å². The maximum Gasteiger partial charge on any atom is 0.0740 e. The Morgan fingerprint density at radius 1 is 1.00 bits per heavy atom. The lowest BCUT2D eigenvalue weighted by Gasteiger charge is -2.10. The molecule has 0 atom stereocenters. The third-order valence-corrected chi connectivity index (χ3v) is 4.42. The van der Waals surface area contributed by atoms with Crippen molar-refractivity contribution in [3.8, 4) is 22.3 Å². The number of benzene rings is 1. The molecule has 2 N–H and O–H groups in total. The number of fused-ring (bicyclic) bond motifs is 1. The molecule has 0 unspecified atom stereocenters. The fourth-order valence-electron chi connectivity index (χ4n) is 3.08. The summed E-state index contributed by atoms with van der Waals surface area (Å²) in [6, 6.07) is 10.7. The predicted octanol–water partition coefficient (Wildman–Crippen LogP) is 3.17. The van der Waals surface area contributed by atoms with Gasteiger partial charge in [-0.25, -0.2) is 4.52 Å². The smallest absolute Gasteiger partial charge is 0.0740 e. The Labute approximate surface area is 140 Å². The summed E-state index contributed by atoms with van der Waals surface area (Å²) in [5.41, 5.74) is 13.7. The van der Waals surface area contributed by atoms with Gasteiger partial charge in [-0.15, -0.1) is 0 Å². The van der Waals surface area contributed by atoms with Gasteiger partial charge in [0.15, 0.2) is 0 Å². The standard InChI is InChI=1S/C19H19N5/c1-13-7-14(3-4-15(13)9-20)18-8-16(17-10-22-23(2)11-17)12-24-19(18)5-6-21-24/h3-8,10-12H,9,20H2,1-2H3. The number of nitrogens with two attached hydrogens (primary N) is 1. The van der Waals surface area contributed by atoms with Crippen LogP contribution in [-0.4, -0.2) is 19.4 Å². The van der Waals surface area contributed by atoms with Crippen LogP contribution in [0.4, 0.5) is 0 Å². The topological polar surface area (TPSA) is 61.1 Å². The zero-order valence-corrected chi connectivity index (χ0v) is 13.8. The second-order valence-corrected chi connectivity index (χ2v) is 6.05. The normalized spacial score (nSPS) is 11.3. The van der Waals surface area contributed by atoms with E-state index in [-0.39, 0.29) is 0 Å². The third-order valence-electron chi connectivity index (χ3n) is 4.42. The van der Waals surface area contributed by atoms with Crippen LogP contribution in [0.5, 0.6) is 0 Å². The van der Waals surface area contributed by atoms with Crippen LogP contribution in [0.2, 0.25) is 0 Å². The predicted molar refractivity (Wildman–Crippen MR) is 95.5 cm³/mol. The molecule has 0 spiro atoms. The summed E-state index contributed by atoms with van der Waals surface area (Å²) in [5, 5.41) is 8.70. The first-order valence-electron chi connectivity index (χ1n) is 7.92. The second kappa shape index (κ2) is 5.62. The molecule has 0 amide bonds. The van der Waals surface area contributed by atoms with Gasteiger partial charge in [-0.2, -0.15) is 10.2 Å². The van der Waals surface area contributed by atoms with Crippen molar-refractivity contribution in [3.05, 3.63) is 66.2 Å². The number of hydrogen-bond acceptors (Lipinski definition) is 3. The van der Waals surface area contributed by atoms with E-state index in [1.54, 1.807) is 0 Å². The highest BCUT2D eigenvalue weighted by molar-refractivity contribution is 5.84. The van der Waals surface area contributed by atoms with Crippen LogP contribution in [0.1, 0.15) is 11.1 Å².